The van der Waals surface area contributed by atoms with Crippen LogP contribution in [-0.4, -0.2) is 15.5 Å². The number of anilines is 1. The number of aromatic nitrogens is 2. The number of amides is 1. The maximum Gasteiger partial charge on any atom is 0.225 e. The van der Waals surface area contributed by atoms with Crippen LogP contribution in [0.4, 0.5) is 5.69 Å². The molecule has 4 nitrogen and oxygen atoms in total. The molecule has 2 heterocycles. The van der Waals surface area contributed by atoms with Gasteiger partial charge in [0.15, 0.2) is 0 Å². The van der Waals surface area contributed by atoms with E-state index in [0.717, 1.165) is 17.1 Å². The van der Waals surface area contributed by atoms with E-state index < -0.39 is 0 Å². The number of nitrogens with zero attached hydrogens (tertiary/aromatic N) is 3. The fraction of sp³-hybridized carbons (Fsp3) is 0.231. The Balaban J connectivity index is 2.30. The topological polar surface area (TPSA) is 38.1 Å². The molecule has 1 aliphatic heterocycles. The lowest BCUT2D eigenvalue weighted by Gasteiger charge is -2.35. The van der Waals surface area contributed by atoms with E-state index in [1.165, 1.54) is 0 Å². The predicted molar refractivity (Wildman–Crippen MR) is 65.5 cm³/mol. The van der Waals surface area contributed by atoms with E-state index in [4.69, 9.17) is 0 Å². The molecule has 17 heavy (non-hydrogen) atoms. The lowest BCUT2D eigenvalue weighted by molar-refractivity contribution is -0.117. The highest BCUT2D eigenvalue weighted by molar-refractivity contribution is 5.97. The van der Waals surface area contributed by atoms with Gasteiger partial charge >= 0.3 is 0 Å². The number of benzene rings is 1. The average Bonchev–Trinajstić information content (AvgIpc) is 2.78. The number of carbonyl (C=O) groups is 1. The van der Waals surface area contributed by atoms with Gasteiger partial charge < -0.3 is 4.57 Å². The summed E-state index contributed by atoms with van der Waals surface area (Å²) in [5.41, 5.74) is 1.94. The molecule has 0 radical (unpaired) electrons. The molecule has 1 unspecified atom stereocenters. The largest absolute Gasteiger partial charge is 0.310 e. The Hall–Kier alpha value is -2.10. The van der Waals surface area contributed by atoms with Crippen molar-refractivity contribution < 1.29 is 4.79 Å². The number of hydrogen-bond acceptors (Lipinski definition) is 2. The molecule has 0 aliphatic carbocycles. The zero-order chi connectivity index (χ0) is 12.0. The fourth-order valence-corrected chi connectivity index (χ4v) is 2.45. The zero-order valence-corrected chi connectivity index (χ0v) is 9.79. The average molecular weight is 227 g/mol. The molecule has 0 spiro atoms. The molecule has 1 aromatic carbocycles. The van der Waals surface area contributed by atoms with Crippen molar-refractivity contribution in [1.29, 1.82) is 0 Å². The minimum Gasteiger partial charge on any atom is -0.310 e. The molecule has 0 saturated heterocycles. The third-order valence-electron chi connectivity index (χ3n) is 3.19. The summed E-state index contributed by atoms with van der Waals surface area (Å²) >= 11 is 0. The quantitative estimate of drug-likeness (QED) is 0.693. The molecule has 0 bridgehead atoms. The van der Waals surface area contributed by atoms with Gasteiger partial charge in [0.05, 0.1) is 5.69 Å². The van der Waals surface area contributed by atoms with Crippen molar-refractivity contribution in [3.05, 3.63) is 36.7 Å². The summed E-state index contributed by atoms with van der Waals surface area (Å²) in [7, 11) is 0. The lowest BCUT2D eigenvalue weighted by atomic mass is 10.1. The molecule has 2 aromatic rings. The summed E-state index contributed by atoms with van der Waals surface area (Å²) in [6.45, 7) is 3.59. The Morgan fingerprint density at radius 2 is 2.12 bits per heavy atom. The van der Waals surface area contributed by atoms with E-state index in [0.29, 0.717) is 0 Å². The summed E-state index contributed by atoms with van der Waals surface area (Å²) in [5, 5.41) is 0. The number of imidazole rings is 1. The molecule has 4 heteroatoms. The van der Waals surface area contributed by atoms with Crippen molar-refractivity contribution in [2.24, 2.45) is 0 Å². The van der Waals surface area contributed by atoms with Crippen LogP contribution in [-0.2, 0) is 4.79 Å². The monoisotopic (exact) mass is 227 g/mol. The second-order valence-corrected chi connectivity index (χ2v) is 4.20. The maximum atomic E-state index is 11.8. The van der Waals surface area contributed by atoms with Crippen LogP contribution in [0.15, 0.2) is 36.7 Å². The van der Waals surface area contributed by atoms with Gasteiger partial charge in [-0.3, -0.25) is 9.69 Å². The van der Waals surface area contributed by atoms with Gasteiger partial charge in [-0.25, -0.2) is 4.98 Å². The van der Waals surface area contributed by atoms with Crippen molar-refractivity contribution in [2.75, 3.05) is 4.90 Å². The Morgan fingerprint density at radius 1 is 1.35 bits per heavy atom. The minimum absolute atomic E-state index is 0.0279. The van der Waals surface area contributed by atoms with E-state index in [9.17, 15) is 4.79 Å². The van der Waals surface area contributed by atoms with E-state index in [-0.39, 0.29) is 12.1 Å². The SMILES string of the molecule is CC(=O)N1c2ccccc2-c2nccn2C1C. The molecule has 1 aromatic heterocycles. The molecule has 0 fully saturated rings. The summed E-state index contributed by atoms with van der Waals surface area (Å²) in [6.07, 6.45) is 3.65. The lowest BCUT2D eigenvalue weighted by Crippen LogP contribution is -2.37. The van der Waals surface area contributed by atoms with Crippen LogP contribution in [0.25, 0.3) is 11.4 Å². The predicted octanol–water partition coefficient (Wildman–Crippen LogP) is 2.44. The first-order chi connectivity index (χ1) is 8.20. The first-order valence-corrected chi connectivity index (χ1v) is 5.62. The van der Waals surface area contributed by atoms with Crippen molar-refractivity contribution in [3.63, 3.8) is 0 Å². The zero-order valence-electron chi connectivity index (χ0n) is 9.79. The Labute approximate surface area is 99.5 Å². The second kappa shape index (κ2) is 3.45. The summed E-state index contributed by atoms with van der Waals surface area (Å²) in [5.74, 6) is 0.968. The van der Waals surface area contributed by atoms with E-state index in [2.05, 4.69) is 4.98 Å². The molecule has 3 rings (SSSR count). The van der Waals surface area contributed by atoms with Gasteiger partial charge in [-0.2, -0.15) is 0 Å². The standard InChI is InChI=1S/C13H13N3O/c1-9-15-8-7-14-13(15)11-5-3-4-6-12(11)16(9)10(2)17/h3-9H,1-2H3. The number of rotatable bonds is 0. The van der Waals surface area contributed by atoms with Crippen LogP contribution < -0.4 is 4.90 Å². The third-order valence-corrected chi connectivity index (χ3v) is 3.19. The van der Waals surface area contributed by atoms with Crippen LogP contribution in [0.5, 0.6) is 0 Å². The van der Waals surface area contributed by atoms with Crippen molar-refractivity contribution in [1.82, 2.24) is 9.55 Å². The van der Waals surface area contributed by atoms with Crippen molar-refractivity contribution >= 4 is 11.6 Å². The first kappa shape index (κ1) is 10.1. The molecule has 1 aliphatic rings. The molecule has 0 N–H and O–H groups in total. The molecule has 1 amide bonds. The van der Waals surface area contributed by atoms with E-state index in [1.807, 2.05) is 42.0 Å². The van der Waals surface area contributed by atoms with Gasteiger partial charge in [-0.15, -0.1) is 0 Å². The van der Waals surface area contributed by atoms with Crippen LogP contribution in [0, 0.1) is 0 Å². The summed E-state index contributed by atoms with van der Waals surface area (Å²) in [4.78, 5) is 18.0. The van der Waals surface area contributed by atoms with Gasteiger partial charge in [-0.05, 0) is 19.1 Å². The van der Waals surface area contributed by atoms with Crippen molar-refractivity contribution in [2.45, 2.75) is 20.0 Å². The van der Waals surface area contributed by atoms with Gasteiger partial charge in [0.25, 0.3) is 0 Å². The highest BCUT2D eigenvalue weighted by Crippen LogP contribution is 2.39. The number of carbonyl (C=O) groups excluding carboxylic acids is 1. The van der Waals surface area contributed by atoms with E-state index >= 15 is 0 Å². The van der Waals surface area contributed by atoms with Gasteiger partial charge in [-0.1, -0.05) is 12.1 Å². The van der Waals surface area contributed by atoms with Gasteiger partial charge in [0.2, 0.25) is 5.91 Å². The molecular weight excluding hydrogens is 214 g/mol. The van der Waals surface area contributed by atoms with E-state index in [1.54, 1.807) is 18.0 Å². The van der Waals surface area contributed by atoms with Crippen LogP contribution in [0.1, 0.15) is 20.0 Å². The normalized spacial score (nSPS) is 17.5. The Morgan fingerprint density at radius 3 is 2.88 bits per heavy atom. The van der Waals surface area contributed by atoms with Crippen LogP contribution in [0.2, 0.25) is 0 Å². The highest BCUT2D eigenvalue weighted by atomic mass is 16.2. The Bertz CT molecular complexity index is 588. The molecule has 0 saturated carbocycles. The van der Waals surface area contributed by atoms with Crippen LogP contribution in [0.3, 0.4) is 0 Å². The molecule has 86 valence electrons. The smallest absolute Gasteiger partial charge is 0.225 e. The van der Waals surface area contributed by atoms with Crippen molar-refractivity contribution in [3.8, 4) is 11.4 Å². The fourth-order valence-electron chi connectivity index (χ4n) is 2.45. The van der Waals surface area contributed by atoms with Gasteiger partial charge in [0, 0.05) is 24.9 Å². The second-order valence-electron chi connectivity index (χ2n) is 4.20. The Kier molecular flexibility index (Phi) is 2.04. The maximum absolute atomic E-state index is 11.8. The number of fused-ring (bicyclic) bond motifs is 3. The van der Waals surface area contributed by atoms with Gasteiger partial charge in [0.1, 0.15) is 12.0 Å². The third kappa shape index (κ3) is 1.30. The highest BCUT2D eigenvalue weighted by Gasteiger charge is 2.30. The number of hydrogen-bond donors (Lipinski definition) is 0. The summed E-state index contributed by atoms with van der Waals surface area (Å²) in [6, 6.07) is 7.87. The molecule has 1 atom stereocenters. The van der Waals surface area contributed by atoms with Crippen LogP contribution >= 0.6 is 0 Å². The minimum atomic E-state index is -0.0279. The number of para-hydroxylation sites is 1. The molecular formula is C13H13N3O. The summed E-state index contributed by atoms with van der Waals surface area (Å²) < 4.78 is 2.02. The first-order valence-electron chi connectivity index (χ1n) is 5.62.